The van der Waals surface area contributed by atoms with E-state index in [0.29, 0.717) is 18.2 Å². The lowest BCUT2D eigenvalue weighted by Crippen LogP contribution is -2.26. The average Bonchev–Trinajstić information content (AvgIpc) is 2.21. The lowest BCUT2D eigenvalue weighted by Gasteiger charge is -2.16. The molecule has 0 unspecified atom stereocenters. The van der Waals surface area contributed by atoms with E-state index < -0.39 is 0 Å². The van der Waals surface area contributed by atoms with Crippen LogP contribution in [0.4, 0.5) is 4.79 Å². The third-order valence-electron chi connectivity index (χ3n) is 1.94. The minimum atomic E-state index is -0.336. The molecule has 0 spiro atoms. The summed E-state index contributed by atoms with van der Waals surface area (Å²) in [6.07, 6.45) is -0.336. The van der Waals surface area contributed by atoms with E-state index in [-0.39, 0.29) is 6.09 Å². The second-order valence-corrected chi connectivity index (χ2v) is 3.55. The number of ether oxygens (including phenoxy) is 1. The molecule has 0 fully saturated rings. The van der Waals surface area contributed by atoms with Crippen LogP contribution in [-0.2, 0) is 11.3 Å². The molecular formula is C11H14ClNO2. The number of hydrogen-bond donors (Lipinski definition) is 0. The largest absolute Gasteiger partial charge is 0.450 e. The van der Waals surface area contributed by atoms with Crippen molar-refractivity contribution in [3.63, 3.8) is 0 Å². The molecule has 1 rings (SSSR count). The summed E-state index contributed by atoms with van der Waals surface area (Å²) in [5.74, 6) is 0. The number of carbonyl (C=O) groups is 1. The third kappa shape index (κ3) is 3.44. The Hall–Kier alpha value is -1.22. The smallest absolute Gasteiger partial charge is 0.409 e. The summed E-state index contributed by atoms with van der Waals surface area (Å²) < 4.78 is 4.86. The predicted octanol–water partition coefficient (Wildman–Crippen LogP) is 2.93. The average molecular weight is 228 g/mol. The van der Waals surface area contributed by atoms with Crippen molar-refractivity contribution in [1.29, 1.82) is 0 Å². The summed E-state index contributed by atoms with van der Waals surface area (Å²) in [6.45, 7) is 2.62. The maximum Gasteiger partial charge on any atom is 0.409 e. The number of rotatable bonds is 3. The topological polar surface area (TPSA) is 29.5 Å². The molecule has 3 nitrogen and oxygen atoms in total. The minimum absolute atomic E-state index is 0.336. The maximum absolute atomic E-state index is 11.3. The molecule has 0 aliphatic heterocycles. The zero-order chi connectivity index (χ0) is 11.3. The molecule has 1 aromatic carbocycles. The second-order valence-electron chi connectivity index (χ2n) is 3.15. The van der Waals surface area contributed by atoms with Crippen molar-refractivity contribution in [2.45, 2.75) is 13.5 Å². The van der Waals surface area contributed by atoms with E-state index in [2.05, 4.69) is 0 Å². The Kier molecular flexibility index (Phi) is 4.43. The fraction of sp³-hybridized carbons (Fsp3) is 0.364. The van der Waals surface area contributed by atoms with Gasteiger partial charge in [0.2, 0.25) is 0 Å². The molecule has 0 aliphatic rings. The first-order valence-corrected chi connectivity index (χ1v) is 5.14. The molecule has 0 N–H and O–H groups in total. The highest BCUT2D eigenvalue weighted by atomic mass is 35.5. The van der Waals surface area contributed by atoms with Crippen LogP contribution in [0.1, 0.15) is 12.5 Å². The molecule has 1 amide bonds. The molecule has 0 bridgehead atoms. The van der Waals surface area contributed by atoms with Gasteiger partial charge in [-0.2, -0.15) is 0 Å². The van der Waals surface area contributed by atoms with Crippen LogP contribution in [0.3, 0.4) is 0 Å². The first kappa shape index (κ1) is 11.9. The minimum Gasteiger partial charge on any atom is -0.450 e. The highest BCUT2D eigenvalue weighted by Crippen LogP contribution is 2.16. The molecule has 0 heterocycles. The van der Waals surface area contributed by atoms with Crippen LogP contribution < -0.4 is 0 Å². The van der Waals surface area contributed by atoms with Crippen molar-refractivity contribution in [2.75, 3.05) is 13.7 Å². The van der Waals surface area contributed by atoms with Gasteiger partial charge in [0.15, 0.2) is 0 Å². The zero-order valence-electron chi connectivity index (χ0n) is 8.87. The van der Waals surface area contributed by atoms with E-state index in [4.69, 9.17) is 16.3 Å². The van der Waals surface area contributed by atoms with Crippen LogP contribution in [0.5, 0.6) is 0 Å². The predicted molar refractivity (Wildman–Crippen MR) is 59.9 cm³/mol. The highest BCUT2D eigenvalue weighted by Gasteiger charge is 2.10. The van der Waals surface area contributed by atoms with Crippen molar-refractivity contribution in [2.24, 2.45) is 0 Å². The number of hydrogen-bond acceptors (Lipinski definition) is 2. The van der Waals surface area contributed by atoms with Gasteiger partial charge in [0.1, 0.15) is 0 Å². The standard InChI is InChI=1S/C11H14ClNO2/c1-3-15-11(14)13(2)8-9-6-4-5-7-10(9)12/h4-7H,3,8H2,1-2H3. The van der Waals surface area contributed by atoms with Gasteiger partial charge in [-0.05, 0) is 18.6 Å². The molecule has 1 aromatic rings. The fourth-order valence-electron chi connectivity index (χ4n) is 1.18. The van der Waals surface area contributed by atoms with Crippen molar-refractivity contribution in [3.05, 3.63) is 34.9 Å². The SMILES string of the molecule is CCOC(=O)N(C)Cc1ccccc1Cl. The van der Waals surface area contributed by atoms with E-state index in [0.717, 1.165) is 5.56 Å². The summed E-state index contributed by atoms with van der Waals surface area (Å²) in [5, 5.41) is 0.661. The van der Waals surface area contributed by atoms with E-state index in [1.54, 1.807) is 20.0 Å². The quantitative estimate of drug-likeness (QED) is 0.795. The summed E-state index contributed by atoms with van der Waals surface area (Å²) >= 11 is 5.97. The Bertz CT molecular complexity index is 341. The number of amides is 1. The van der Waals surface area contributed by atoms with E-state index >= 15 is 0 Å². The maximum atomic E-state index is 11.3. The van der Waals surface area contributed by atoms with E-state index in [1.165, 1.54) is 4.90 Å². The molecule has 0 atom stereocenters. The van der Waals surface area contributed by atoms with Crippen LogP contribution in [0, 0.1) is 0 Å². The molecule has 0 radical (unpaired) electrons. The van der Waals surface area contributed by atoms with Gasteiger partial charge in [-0.15, -0.1) is 0 Å². The normalized spacial score (nSPS) is 9.80. The molecule has 0 aliphatic carbocycles. The number of benzene rings is 1. The van der Waals surface area contributed by atoms with Crippen LogP contribution in [0.15, 0.2) is 24.3 Å². The molecule has 4 heteroatoms. The highest BCUT2D eigenvalue weighted by molar-refractivity contribution is 6.31. The Balaban J connectivity index is 2.62. The molecule has 0 aromatic heterocycles. The van der Waals surface area contributed by atoms with Crippen molar-refractivity contribution >= 4 is 17.7 Å². The van der Waals surface area contributed by atoms with Gasteiger partial charge in [0.25, 0.3) is 0 Å². The third-order valence-corrected chi connectivity index (χ3v) is 2.31. The summed E-state index contributed by atoms with van der Waals surface area (Å²) in [7, 11) is 1.68. The molecule has 0 saturated heterocycles. The number of nitrogens with zero attached hydrogens (tertiary/aromatic N) is 1. The van der Waals surface area contributed by atoms with E-state index in [9.17, 15) is 4.79 Å². The summed E-state index contributed by atoms with van der Waals surface area (Å²) in [5.41, 5.74) is 0.912. The molecular weight excluding hydrogens is 214 g/mol. The van der Waals surface area contributed by atoms with Gasteiger partial charge < -0.3 is 9.64 Å². The van der Waals surface area contributed by atoms with Crippen LogP contribution in [0.25, 0.3) is 0 Å². The van der Waals surface area contributed by atoms with Crippen LogP contribution in [-0.4, -0.2) is 24.6 Å². The van der Waals surface area contributed by atoms with Gasteiger partial charge in [0.05, 0.1) is 13.2 Å². The van der Waals surface area contributed by atoms with Gasteiger partial charge in [0, 0.05) is 12.1 Å². The Morgan fingerprint density at radius 2 is 2.13 bits per heavy atom. The van der Waals surface area contributed by atoms with Crippen molar-refractivity contribution < 1.29 is 9.53 Å². The van der Waals surface area contributed by atoms with Gasteiger partial charge in [-0.1, -0.05) is 29.8 Å². The Morgan fingerprint density at radius 1 is 1.47 bits per heavy atom. The first-order chi connectivity index (χ1) is 7.15. The summed E-state index contributed by atoms with van der Waals surface area (Å²) in [4.78, 5) is 12.8. The second kappa shape index (κ2) is 5.61. The van der Waals surface area contributed by atoms with Gasteiger partial charge in [-0.25, -0.2) is 4.79 Å². The van der Waals surface area contributed by atoms with Crippen molar-refractivity contribution in [3.8, 4) is 0 Å². The fourth-order valence-corrected chi connectivity index (χ4v) is 1.38. The molecule has 15 heavy (non-hydrogen) atoms. The molecule has 0 saturated carbocycles. The molecule has 82 valence electrons. The van der Waals surface area contributed by atoms with E-state index in [1.807, 2.05) is 18.2 Å². The number of halogens is 1. The van der Waals surface area contributed by atoms with Crippen LogP contribution in [0.2, 0.25) is 5.02 Å². The zero-order valence-corrected chi connectivity index (χ0v) is 9.62. The lowest BCUT2D eigenvalue weighted by molar-refractivity contribution is 0.114. The van der Waals surface area contributed by atoms with Crippen molar-refractivity contribution in [1.82, 2.24) is 4.90 Å². The monoisotopic (exact) mass is 227 g/mol. The number of carbonyl (C=O) groups excluding carboxylic acids is 1. The first-order valence-electron chi connectivity index (χ1n) is 4.76. The Labute approximate surface area is 94.6 Å². The summed E-state index contributed by atoms with van der Waals surface area (Å²) in [6, 6.07) is 7.43. The van der Waals surface area contributed by atoms with Gasteiger partial charge in [-0.3, -0.25) is 0 Å². The van der Waals surface area contributed by atoms with Crippen LogP contribution >= 0.6 is 11.6 Å². The Morgan fingerprint density at radius 3 is 2.73 bits per heavy atom. The van der Waals surface area contributed by atoms with Gasteiger partial charge >= 0.3 is 6.09 Å². The lowest BCUT2D eigenvalue weighted by atomic mass is 10.2.